The molecule has 3 aromatic carbocycles. The second-order valence-electron chi connectivity index (χ2n) is 7.16. The van der Waals surface area contributed by atoms with E-state index in [4.69, 9.17) is 21.1 Å². The fraction of sp³-hybridized carbons (Fsp3) is 0.120. The topological polar surface area (TPSA) is 51.1 Å². The normalized spacial score (nSPS) is 14.6. The Bertz CT molecular complexity index is 1200. The van der Waals surface area contributed by atoms with Gasteiger partial charge in [-0.1, -0.05) is 29.8 Å². The molecule has 0 bridgehead atoms. The summed E-state index contributed by atoms with van der Waals surface area (Å²) in [5, 5.41) is 6.33. The molecule has 1 heterocycles. The van der Waals surface area contributed by atoms with Gasteiger partial charge in [0.2, 0.25) is 0 Å². The van der Waals surface area contributed by atoms with Crippen LogP contribution in [-0.4, -0.2) is 18.7 Å². The molecule has 3 aromatic rings. The first-order valence-electron chi connectivity index (χ1n) is 9.87. The number of hydrogen-bond acceptors (Lipinski definition) is 4. The zero-order chi connectivity index (χ0) is 22.7. The molecular weight excluding hydrogens is 431 g/mol. The highest BCUT2D eigenvalue weighted by Crippen LogP contribution is 2.31. The van der Waals surface area contributed by atoms with Gasteiger partial charge in [0.25, 0.3) is 5.91 Å². The molecule has 1 amide bonds. The molecule has 0 aromatic heterocycles. The number of methoxy groups -OCH3 is 1. The molecule has 32 heavy (non-hydrogen) atoms. The second-order valence-corrected chi connectivity index (χ2v) is 7.60. The number of rotatable bonds is 6. The van der Waals surface area contributed by atoms with Crippen LogP contribution in [-0.2, 0) is 11.4 Å². The van der Waals surface area contributed by atoms with Gasteiger partial charge in [0.1, 0.15) is 12.4 Å². The lowest BCUT2D eigenvalue weighted by Gasteiger charge is -2.12. The van der Waals surface area contributed by atoms with E-state index in [-0.39, 0.29) is 18.3 Å². The third-order valence-electron chi connectivity index (χ3n) is 4.94. The summed E-state index contributed by atoms with van der Waals surface area (Å²) in [5.41, 5.74) is 3.35. The Morgan fingerprint density at radius 3 is 2.44 bits per heavy atom. The van der Waals surface area contributed by atoms with Crippen LogP contribution in [0.5, 0.6) is 11.5 Å². The predicted molar refractivity (Wildman–Crippen MR) is 124 cm³/mol. The van der Waals surface area contributed by atoms with Gasteiger partial charge in [-0.15, -0.1) is 0 Å². The van der Waals surface area contributed by atoms with Gasteiger partial charge < -0.3 is 9.47 Å². The standard InChI is InChI=1S/C25H20ClFN2O3/c1-16-22(25(30)29(28-16)21-10-6-19(26)7-11-21)13-18-5-12-23(24(14-18)31-2)32-15-17-3-8-20(27)9-4-17/h3-14H,15H2,1-2H3. The monoisotopic (exact) mass is 450 g/mol. The van der Waals surface area contributed by atoms with Crippen molar-refractivity contribution in [1.82, 2.24) is 0 Å². The largest absolute Gasteiger partial charge is 0.493 e. The summed E-state index contributed by atoms with van der Waals surface area (Å²) >= 11 is 5.94. The number of hydrogen-bond donors (Lipinski definition) is 0. The molecule has 4 rings (SSSR count). The summed E-state index contributed by atoms with van der Waals surface area (Å²) in [5.74, 6) is 0.556. The van der Waals surface area contributed by atoms with E-state index in [0.717, 1.165) is 11.1 Å². The van der Waals surface area contributed by atoms with E-state index in [1.165, 1.54) is 17.1 Å². The van der Waals surface area contributed by atoms with Crippen LogP contribution in [0.3, 0.4) is 0 Å². The third kappa shape index (κ3) is 4.65. The Hall–Kier alpha value is -3.64. The number of anilines is 1. The van der Waals surface area contributed by atoms with E-state index in [1.54, 1.807) is 68.6 Å². The first kappa shape index (κ1) is 21.6. The van der Waals surface area contributed by atoms with E-state index in [2.05, 4.69) is 5.10 Å². The average molecular weight is 451 g/mol. The van der Waals surface area contributed by atoms with Crippen LogP contribution >= 0.6 is 11.6 Å². The van der Waals surface area contributed by atoms with Crippen LogP contribution in [0.2, 0.25) is 5.02 Å². The van der Waals surface area contributed by atoms with E-state index in [1.807, 2.05) is 6.07 Å². The first-order chi connectivity index (χ1) is 15.4. The van der Waals surface area contributed by atoms with Gasteiger partial charge in [0, 0.05) is 5.02 Å². The van der Waals surface area contributed by atoms with Crippen molar-refractivity contribution in [2.75, 3.05) is 12.1 Å². The number of halogens is 2. The van der Waals surface area contributed by atoms with E-state index in [0.29, 0.717) is 33.5 Å². The number of ether oxygens (including phenoxy) is 2. The van der Waals surface area contributed by atoms with Crippen molar-refractivity contribution in [2.24, 2.45) is 5.10 Å². The van der Waals surface area contributed by atoms with E-state index >= 15 is 0 Å². The van der Waals surface area contributed by atoms with Crippen molar-refractivity contribution in [2.45, 2.75) is 13.5 Å². The van der Waals surface area contributed by atoms with Crippen molar-refractivity contribution in [3.05, 3.63) is 94.3 Å². The molecule has 0 fully saturated rings. The number of amides is 1. The van der Waals surface area contributed by atoms with Gasteiger partial charge in [-0.2, -0.15) is 10.1 Å². The molecule has 1 aliphatic rings. The minimum Gasteiger partial charge on any atom is -0.493 e. The Balaban J connectivity index is 1.53. The molecule has 1 aliphatic heterocycles. The second kappa shape index (κ2) is 9.24. The highest BCUT2D eigenvalue weighted by molar-refractivity contribution is 6.32. The number of nitrogens with zero attached hydrogens (tertiary/aromatic N) is 2. The average Bonchev–Trinajstić information content (AvgIpc) is 3.08. The summed E-state index contributed by atoms with van der Waals surface area (Å²) in [6, 6.07) is 18.4. The van der Waals surface area contributed by atoms with Crippen LogP contribution in [0.4, 0.5) is 10.1 Å². The quantitative estimate of drug-likeness (QED) is 0.441. The molecule has 0 saturated heterocycles. The molecule has 7 heteroatoms. The van der Waals surface area contributed by atoms with Crippen molar-refractivity contribution in [3.8, 4) is 11.5 Å². The Morgan fingerprint density at radius 2 is 1.75 bits per heavy atom. The van der Waals surface area contributed by atoms with Gasteiger partial charge in [-0.05, 0) is 72.7 Å². The smallest absolute Gasteiger partial charge is 0.280 e. The molecule has 0 aliphatic carbocycles. The molecule has 5 nitrogen and oxygen atoms in total. The Labute approximate surface area is 190 Å². The fourth-order valence-electron chi connectivity index (χ4n) is 3.24. The molecule has 0 spiro atoms. The minimum atomic E-state index is -0.293. The van der Waals surface area contributed by atoms with E-state index < -0.39 is 0 Å². The molecule has 162 valence electrons. The molecule has 0 saturated carbocycles. The minimum absolute atomic E-state index is 0.222. The van der Waals surface area contributed by atoms with Crippen molar-refractivity contribution < 1.29 is 18.7 Å². The zero-order valence-corrected chi connectivity index (χ0v) is 18.3. The lowest BCUT2D eigenvalue weighted by molar-refractivity contribution is -0.114. The maximum absolute atomic E-state index is 13.1. The van der Waals surface area contributed by atoms with Gasteiger partial charge in [0.15, 0.2) is 11.5 Å². The van der Waals surface area contributed by atoms with Crippen LogP contribution in [0, 0.1) is 5.82 Å². The Kier molecular flexibility index (Phi) is 6.23. The summed E-state index contributed by atoms with van der Waals surface area (Å²) in [6.07, 6.45) is 1.77. The van der Waals surface area contributed by atoms with Crippen molar-refractivity contribution in [3.63, 3.8) is 0 Å². The first-order valence-corrected chi connectivity index (χ1v) is 10.2. The summed E-state index contributed by atoms with van der Waals surface area (Å²) < 4.78 is 24.4. The van der Waals surface area contributed by atoms with Crippen LogP contribution in [0.1, 0.15) is 18.1 Å². The van der Waals surface area contributed by atoms with Crippen molar-refractivity contribution in [1.29, 1.82) is 0 Å². The summed E-state index contributed by atoms with van der Waals surface area (Å²) in [7, 11) is 1.55. The van der Waals surface area contributed by atoms with Crippen LogP contribution in [0.15, 0.2) is 77.4 Å². The summed E-state index contributed by atoms with van der Waals surface area (Å²) in [4.78, 5) is 12.9. The lowest BCUT2D eigenvalue weighted by atomic mass is 10.1. The van der Waals surface area contributed by atoms with Crippen molar-refractivity contribution >= 4 is 35.0 Å². The number of carbonyl (C=O) groups is 1. The molecule has 0 radical (unpaired) electrons. The molecular formula is C25H20ClFN2O3. The number of hydrazone groups is 1. The maximum Gasteiger partial charge on any atom is 0.280 e. The third-order valence-corrected chi connectivity index (χ3v) is 5.19. The SMILES string of the molecule is COc1cc(C=C2C(=O)N(c3ccc(Cl)cc3)N=C2C)ccc1OCc1ccc(F)cc1. The zero-order valence-electron chi connectivity index (χ0n) is 17.5. The fourth-order valence-corrected chi connectivity index (χ4v) is 3.37. The van der Waals surface area contributed by atoms with Gasteiger partial charge >= 0.3 is 0 Å². The van der Waals surface area contributed by atoms with Gasteiger partial charge in [-0.3, -0.25) is 4.79 Å². The maximum atomic E-state index is 13.1. The molecule has 0 unspecified atom stereocenters. The number of benzene rings is 3. The summed E-state index contributed by atoms with van der Waals surface area (Å²) in [6.45, 7) is 2.06. The highest BCUT2D eigenvalue weighted by Gasteiger charge is 2.28. The molecule has 0 atom stereocenters. The Morgan fingerprint density at radius 1 is 1.03 bits per heavy atom. The van der Waals surface area contributed by atoms with Gasteiger partial charge in [0.05, 0.1) is 24.1 Å². The number of carbonyl (C=O) groups excluding carboxylic acids is 1. The lowest BCUT2D eigenvalue weighted by Crippen LogP contribution is -2.21. The van der Waals surface area contributed by atoms with Crippen LogP contribution < -0.4 is 14.5 Å². The van der Waals surface area contributed by atoms with E-state index in [9.17, 15) is 9.18 Å². The predicted octanol–water partition coefficient (Wildman–Crippen LogP) is 5.87. The highest BCUT2D eigenvalue weighted by atomic mass is 35.5. The molecule has 0 N–H and O–H groups in total. The van der Waals surface area contributed by atoms with Crippen LogP contribution in [0.25, 0.3) is 6.08 Å². The van der Waals surface area contributed by atoms with Gasteiger partial charge in [-0.25, -0.2) is 4.39 Å².